The number of hydrogen-bond donors (Lipinski definition) is 2. The Morgan fingerprint density at radius 3 is 2.70 bits per heavy atom. The molecule has 2 aromatic rings. The fraction of sp³-hybridized carbons (Fsp3) is 0.294. The predicted octanol–water partition coefficient (Wildman–Crippen LogP) is 3.00. The maximum absolute atomic E-state index is 13.1. The van der Waals surface area contributed by atoms with Crippen LogP contribution in [0.4, 0.5) is 4.39 Å². The van der Waals surface area contributed by atoms with E-state index in [2.05, 4.69) is 17.4 Å². The van der Waals surface area contributed by atoms with Crippen LogP contribution in [0.3, 0.4) is 0 Å². The van der Waals surface area contributed by atoms with E-state index in [0.29, 0.717) is 24.1 Å². The lowest BCUT2D eigenvalue weighted by Crippen LogP contribution is -2.24. The van der Waals surface area contributed by atoms with Gasteiger partial charge in [0.25, 0.3) is 0 Å². The van der Waals surface area contributed by atoms with Crippen molar-refractivity contribution in [3.63, 3.8) is 0 Å². The summed E-state index contributed by atoms with van der Waals surface area (Å²) >= 11 is 0. The van der Waals surface area contributed by atoms with E-state index in [4.69, 9.17) is 0 Å². The average molecular weight is 271 g/mol. The molecule has 0 aromatic heterocycles. The molecule has 104 valence electrons. The molecule has 1 fully saturated rings. The first-order valence-corrected chi connectivity index (χ1v) is 6.96. The van der Waals surface area contributed by atoms with Gasteiger partial charge in [-0.3, -0.25) is 0 Å². The summed E-state index contributed by atoms with van der Waals surface area (Å²) in [4.78, 5) is 0. The Bertz CT molecular complexity index is 572. The Kier molecular flexibility index (Phi) is 3.81. The van der Waals surface area contributed by atoms with E-state index in [-0.39, 0.29) is 5.82 Å². The minimum absolute atomic E-state index is 0.310. The topological polar surface area (TPSA) is 32.3 Å². The van der Waals surface area contributed by atoms with E-state index in [0.717, 1.165) is 6.42 Å². The molecule has 0 bridgehead atoms. The van der Waals surface area contributed by atoms with Gasteiger partial charge in [-0.05, 0) is 29.7 Å². The van der Waals surface area contributed by atoms with E-state index in [1.807, 2.05) is 18.2 Å². The summed E-state index contributed by atoms with van der Waals surface area (Å²) in [5.74, 6) is 0.228. The van der Waals surface area contributed by atoms with Crippen molar-refractivity contribution in [3.05, 3.63) is 71.5 Å². The van der Waals surface area contributed by atoms with Crippen LogP contribution >= 0.6 is 0 Å². The predicted molar refractivity (Wildman–Crippen MR) is 77.0 cm³/mol. The summed E-state index contributed by atoms with van der Waals surface area (Å²) in [6.45, 7) is 0.456. The van der Waals surface area contributed by atoms with Crippen LogP contribution in [-0.4, -0.2) is 17.7 Å². The number of benzene rings is 2. The van der Waals surface area contributed by atoms with Gasteiger partial charge in [-0.2, -0.15) is 0 Å². The first-order valence-electron chi connectivity index (χ1n) is 6.96. The van der Waals surface area contributed by atoms with Crippen LogP contribution in [-0.2, 0) is 0 Å². The highest BCUT2D eigenvalue weighted by Crippen LogP contribution is 2.40. The molecule has 1 aliphatic carbocycles. The summed E-state index contributed by atoms with van der Waals surface area (Å²) in [5.41, 5.74) is 1.96. The number of aliphatic hydroxyl groups excluding tert-OH is 1. The third-order valence-corrected chi connectivity index (χ3v) is 3.83. The highest BCUT2D eigenvalue weighted by atomic mass is 19.1. The summed E-state index contributed by atoms with van der Waals surface area (Å²) < 4.78 is 13.1. The van der Waals surface area contributed by atoms with E-state index < -0.39 is 6.10 Å². The fourth-order valence-electron chi connectivity index (χ4n) is 2.58. The van der Waals surface area contributed by atoms with Crippen molar-refractivity contribution in [1.29, 1.82) is 0 Å². The van der Waals surface area contributed by atoms with Gasteiger partial charge in [0.1, 0.15) is 5.82 Å². The summed E-state index contributed by atoms with van der Waals surface area (Å²) in [5, 5.41) is 13.4. The first-order chi connectivity index (χ1) is 9.74. The summed E-state index contributed by atoms with van der Waals surface area (Å²) in [6.07, 6.45) is 0.433. The van der Waals surface area contributed by atoms with Crippen LogP contribution in [0, 0.1) is 5.82 Å². The summed E-state index contributed by atoms with van der Waals surface area (Å²) in [6, 6.07) is 16.9. The molecule has 3 heteroatoms. The zero-order chi connectivity index (χ0) is 13.9. The second-order valence-electron chi connectivity index (χ2n) is 5.34. The van der Waals surface area contributed by atoms with Crippen LogP contribution in [0.2, 0.25) is 0 Å². The Balaban J connectivity index is 1.52. The molecule has 1 aliphatic rings. The average Bonchev–Trinajstić information content (AvgIpc) is 3.25. The van der Waals surface area contributed by atoms with Gasteiger partial charge >= 0.3 is 0 Å². The van der Waals surface area contributed by atoms with Crippen LogP contribution in [0.15, 0.2) is 54.6 Å². The molecule has 0 heterocycles. The van der Waals surface area contributed by atoms with Crippen molar-refractivity contribution >= 4 is 0 Å². The highest BCUT2D eigenvalue weighted by molar-refractivity contribution is 5.28. The van der Waals surface area contributed by atoms with Crippen LogP contribution < -0.4 is 5.32 Å². The molecular weight excluding hydrogens is 253 g/mol. The lowest BCUT2D eigenvalue weighted by atomic mass is 10.1. The molecule has 2 N–H and O–H groups in total. The molecule has 20 heavy (non-hydrogen) atoms. The largest absolute Gasteiger partial charge is 0.387 e. The molecule has 3 rings (SSSR count). The molecule has 1 saturated carbocycles. The lowest BCUT2D eigenvalue weighted by molar-refractivity contribution is 0.173. The minimum Gasteiger partial charge on any atom is -0.387 e. The number of aliphatic hydroxyl groups is 1. The van der Waals surface area contributed by atoms with Crippen molar-refractivity contribution < 1.29 is 9.50 Å². The number of halogens is 1. The number of nitrogens with one attached hydrogen (secondary N) is 1. The van der Waals surface area contributed by atoms with Crippen molar-refractivity contribution in [2.45, 2.75) is 24.5 Å². The second kappa shape index (κ2) is 5.73. The molecule has 0 saturated heterocycles. The molecule has 2 nitrogen and oxygen atoms in total. The zero-order valence-electron chi connectivity index (χ0n) is 11.2. The van der Waals surface area contributed by atoms with Crippen LogP contribution in [0.1, 0.15) is 29.6 Å². The zero-order valence-corrected chi connectivity index (χ0v) is 11.2. The third kappa shape index (κ3) is 3.06. The lowest BCUT2D eigenvalue weighted by Gasteiger charge is -2.12. The normalized spacial score (nSPS) is 22.5. The standard InChI is InChI=1S/C17H18FNO/c18-14-8-4-7-13(9-14)17(20)11-19-16-10-15(16)12-5-2-1-3-6-12/h1-9,15-17,19-20H,10-11H2. The SMILES string of the molecule is OC(CNC1CC1c1ccccc1)c1cccc(F)c1. The van der Waals surface area contributed by atoms with Crippen molar-refractivity contribution in [3.8, 4) is 0 Å². The molecule has 0 aliphatic heterocycles. The highest BCUT2D eigenvalue weighted by Gasteiger charge is 2.37. The van der Waals surface area contributed by atoms with Gasteiger partial charge in [0.05, 0.1) is 6.10 Å². The van der Waals surface area contributed by atoms with Crippen LogP contribution in [0.25, 0.3) is 0 Å². The summed E-state index contributed by atoms with van der Waals surface area (Å²) in [7, 11) is 0. The van der Waals surface area contributed by atoms with E-state index in [1.165, 1.54) is 17.7 Å². The Hall–Kier alpha value is -1.71. The van der Waals surface area contributed by atoms with Gasteiger partial charge in [0.15, 0.2) is 0 Å². The minimum atomic E-state index is -0.664. The van der Waals surface area contributed by atoms with Crippen molar-refractivity contribution in [2.24, 2.45) is 0 Å². The van der Waals surface area contributed by atoms with E-state index in [9.17, 15) is 9.50 Å². The molecule has 0 radical (unpaired) electrons. The van der Waals surface area contributed by atoms with Gasteiger partial charge in [-0.1, -0.05) is 42.5 Å². The van der Waals surface area contributed by atoms with E-state index in [1.54, 1.807) is 12.1 Å². The molecule has 3 atom stereocenters. The first kappa shape index (κ1) is 13.3. The molecule has 0 spiro atoms. The monoisotopic (exact) mass is 271 g/mol. The maximum Gasteiger partial charge on any atom is 0.123 e. The molecular formula is C17H18FNO. The molecule has 0 amide bonds. The second-order valence-corrected chi connectivity index (χ2v) is 5.34. The van der Waals surface area contributed by atoms with Crippen molar-refractivity contribution in [2.75, 3.05) is 6.54 Å². The van der Waals surface area contributed by atoms with Gasteiger partial charge in [0, 0.05) is 18.5 Å². The smallest absolute Gasteiger partial charge is 0.123 e. The Morgan fingerprint density at radius 1 is 1.15 bits per heavy atom. The van der Waals surface area contributed by atoms with Gasteiger partial charge in [-0.15, -0.1) is 0 Å². The van der Waals surface area contributed by atoms with Gasteiger partial charge in [0.2, 0.25) is 0 Å². The Morgan fingerprint density at radius 2 is 1.95 bits per heavy atom. The molecule has 3 unspecified atom stereocenters. The Labute approximate surface area is 118 Å². The van der Waals surface area contributed by atoms with Gasteiger partial charge < -0.3 is 10.4 Å². The third-order valence-electron chi connectivity index (χ3n) is 3.83. The number of rotatable bonds is 5. The van der Waals surface area contributed by atoms with Crippen molar-refractivity contribution in [1.82, 2.24) is 5.32 Å². The van der Waals surface area contributed by atoms with Crippen LogP contribution in [0.5, 0.6) is 0 Å². The number of hydrogen-bond acceptors (Lipinski definition) is 2. The quantitative estimate of drug-likeness (QED) is 0.876. The molecule has 2 aromatic carbocycles. The fourth-order valence-corrected chi connectivity index (χ4v) is 2.58. The van der Waals surface area contributed by atoms with Gasteiger partial charge in [-0.25, -0.2) is 4.39 Å². The maximum atomic E-state index is 13.1. The van der Waals surface area contributed by atoms with E-state index >= 15 is 0 Å².